The second-order valence-corrected chi connectivity index (χ2v) is 3.52. The average Bonchev–Trinajstić information content (AvgIpc) is 2.15. The molecule has 0 rings (SSSR count). The molecule has 0 fully saturated rings. The molecule has 0 bridgehead atoms. The van der Waals surface area contributed by atoms with Crippen LogP contribution in [0, 0.1) is 10.8 Å². The largest absolute Gasteiger partial charge is 0.481 e. The van der Waals surface area contributed by atoms with Gasteiger partial charge in [-0.1, -0.05) is 12.7 Å². The summed E-state index contributed by atoms with van der Waals surface area (Å²) in [6.45, 7) is 11.9. The standard InChI is InChI=1S/C11H16N2O2/c1-5-11(10(14)15,6-8(2)12)7-9(3)13-4/h5,12H,1,3-4,6-7H2,2H3,(H,14,15). The molecule has 4 nitrogen and oxygen atoms in total. The number of allylic oxidation sites excluding steroid dienone is 1. The number of hydrogen-bond donors (Lipinski definition) is 2. The van der Waals surface area contributed by atoms with E-state index in [0.29, 0.717) is 5.70 Å². The predicted octanol–water partition coefficient (Wildman–Crippen LogP) is 2.28. The molecule has 1 atom stereocenters. The molecule has 82 valence electrons. The average molecular weight is 208 g/mol. The summed E-state index contributed by atoms with van der Waals surface area (Å²) in [4.78, 5) is 14.8. The van der Waals surface area contributed by atoms with E-state index in [-0.39, 0.29) is 18.6 Å². The van der Waals surface area contributed by atoms with Crippen molar-refractivity contribution in [1.82, 2.24) is 0 Å². The maximum Gasteiger partial charge on any atom is 0.314 e. The SMILES string of the molecule is C=CC(CC(=C)N=C)(CC(C)=N)C(=O)O. The van der Waals surface area contributed by atoms with Gasteiger partial charge < -0.3 is 10.5 Å². The Morgan fingerprint density at radius 3 is 2.40 bits per heavy atom. The van der Waals surface area contributed by atoms with Gasteiger partial charge >= 0.3 is 5.97 Å². The quantitative estimate of drug-likeness (QED) is 0.497. The lowest BCUT2D eigenvalue weighted by molar-refractivity contribution is -0.145. The van der Waals surface area contributed by atoms with Gasteiger partial charge in [0.1, 0.15) is 0 Å². The van der Waals surface area contributed by atoms with Crippen molar-refractivity contribution < 1.29 is 9.90 Å². The number of carbonyl (C=O) groups is 1. The van der Waals surface area contributed by atoms with Gasteiger partial charge in [0.25, 0.3) is 0 Å². The Labute approximate surface area is 89.5 Å². The van der Waals surface area contributed by atoms with E-state index in [9.17, 15) is 4.79 Å². The number of carboxylic acid groups (broad SMARTS) is 1. The van der Waals surface area contributed by atoms with E-state index in [2.05, 4.69) is 24.9 Å². The molecule has 2 N–H and O–H groups in total. The Kier molecular flexibility index (Phi) is 4.64. The summed E-state index contributed by atoms with van der Waals surface area (Å²) >= 11 is 0. The van der Waals surface area contributed by atoms with Crippen molar-refractivity contribution >= 4 is 18.4 Å². The predicted molar refractivity (Wildman–Crippen MR) is 61.6 cm³/mol. The molecule has 0 aromatic carbocycles. The fraction of sp³-hybridized carbons (Fsp3) is 0.364. The summed E-state index contributed by atoms with van der Waals surface area (Å²) in [5, 5.41) is 16.5. The number of nitrogens with one attached hydrogen (secondary N) is 1. The molecule has 0 saturated carbocycles. The van der Waals surface area contributed by atoms with Gasteiger partial charge in [-0.2, -0.15) is 0 Å². The molecule has 0 spiro atoms. The Hall–Kier alpha value is -1.71. The van der Waals surface area contributed by atoms with E-state index >= 15 is 0 Å². The molecule has 0 aromatic heterocycles. The summed E-state index contributed by atoms with van der Waals surface area (Å²) in [5.74, 6) is -1.02. The van der Waals surface area contributed by atoms with Crippen LogP contribution in [0.1, 0.15) is 19.8 Å². The number of nitrogens with zero attached hydrogens (tertiary/aromatic N) is 1. The van der Waals surface area contributed by atoms with Gasteiger partial charge in [-0.25, -0.2) is 0 Å². The van der Waals surface area contributed by atoms with Crippen LogP contribution in [-0.4, -0.2) is 23.5 Å². The minimum Gasteiger partial charge on any atom is -0.481 e. The number of aliphatic carboxylic acids is 1. The molecule has 0 amide bonds. The van der Waals surface area contributed by atoms with Crippen molar-refractivity contribution in [3.8, 4) is 0 Å². The monoisotopic (exact) mass is 208 g/mol. The van der Waals surface area contributed by atoms with Crippen LogP contribution in [0.2, 0.25) is 0 Å². The van der Waals surface area contributed by atoms with Crippen LogP contribution in [0.5, 0.6) is 0 Å². The number of carboxylic acids is 1. The van der Waals surface area contributed by atoms with Crippen molar-refractivity contribution in [3.05, 3.63) is 24.9 Å². The highest BCUT2D eigenvalue weighted by atomic mass is 16.4. The van der Waals surface area contributed by atoms with E-state index < -0.39 is 11.4 Å². The zero-order valence-electron chi connectivity index (χ0n) is 8.92. The van der Waals surface area contributed by atoms with E-state index in [1.807, 2.05) is 0 Å². The van der Waals surface area contributed by atoms with E-state index in [1.165, 1.54) is 6.08 Å². The number of aliphatic imine (C=N–C) groups is 1. The molecule has 0 aromatic rings. The molecule has 0 aliphatic rings. The minimum absolute atomic E-state index is 0.111. The Morgan fingerprint density at radius 2 is 2.13 bits per heavy atom. The van der Waals surface area contributed by atoms with Gasteiger partial charge in [-0.15, -0.1) is 6.58 Å². The van der Waals surface area contributed by atoms with Crippen molar-refractivity contribution in [2.45, 2.75) is 19.8 Å². The molecular formula is C11H16N2O2. The second kappa shape index (κ2) is 5.24. The van der Waals surface area contributed by atoms with Crippen molar-refractivity contribution in [2.24, 2.45) is 10.4 Å². The van der Waals surface area contributed by atoms with Crippen molar-refractivity contribution in [3.63, 3.8) is 0 Å². The molecule has 15 heavy (non-hydrogen) atoms. The van der Waals surface area contributed by atoms with Crippen LogP contribution in [0.4, 0.5) is 0 Å². The van der Waals surface area contributed by atoms with E-state index in [4.69, 9.17) is 10.5 Å². The summed E-state index contributed by atoms with van der Waals surface area (Å²) in [6, 6.07) is 0. The van der Waals surface area contributed by atoms with Crippen LogP contribution in [0.15, 0.2) is 29.9 Å². The third-order valence-corrected chi connectivity index (χ3v) is 2.14. The summed E-state index contributed by atoms with van der Waals surface area (Å²) < 4.78 is 0. The zero-order valence-corrected chi connectivity index (χ0v) is 8.92. The van der Waals surface area contributed by atoms with Gasteiger partial charge in [-0.05, 0) is 13.6 Å². The van der Waals surface area contributed by atoms with Gasteiger partial charge in [0.05, 0.1) is 5.41 Å². The Bertz CT molecular complexity index is 321. The number of rotatable bonds is 7. The molecule has 4 heteroatoms. The van der Waals surface area contributed by atoms with Crippen molar-refractivity contribution in [2.75, 3.05) is 0 Å². The lowest BCUT2D eigenvalue weighted by atomic mass is 9.79. The first-order valence-electron chi connectivity index (χ1n) is 4.43. The molecular weight excluding hydrogens is 192 g/mol. The Morgan fingerprint density at radius 1 is 1.60 bits per heavy atom. The van der Waals surface area contributed by atoms with E-state index in [1.54, 1.807) is 6.92 Å². The summed E-state index contributed by atoms with van der Waals surface area (Å²) in [6.07, 6.45) is 1.58. The van der Waals surface area contributed by atoms with Gasteiger partial charge in [0.2, 0.25) is 0 Å². The fourth-order valence-electron chi connectivity index (χ4n) is 1.34. The fourth-order valence-corrected chi connectivity index (χ4v) is 1.34. The highest BCUT2D eigenvalue weighted by Crippen LogP contribution is 2.32. The smallest absolute Gasteiger partial charge is 0.314 e. The van der Waals surface area contributed by atoms with Crippen LogP contribution < -0.4 is 0 Å². The van der Waals surface area contributed by atoms with E-state index in [0.717, 1.165) is 0 Å². The first kappa shape index (κ1) is 13.3. The van der Waals surface area contributed by atoms with Crippen molar-refractivity contribution in [1.29, 1.82) is 5.41 Å². The van der Waals surface area contributed by atoms with Crippen LogP contribution in [-0.2, 0) is 4.79 Å². The maximum atomic E-state index is 11.2. The minimum atomic E-state index is -1.19. The van der Waals surface area contributed by atoms with Gasteiger partial charge in [-0.3, -0.25) is 9.79 Å². The number of hydrogen-bond acceptors (Lipinski definition) is 3. The highest BCUT2D eigenvalue weighted by molar-refractivity contribution is 5.88. The molecule has 0 heterocycles. The summed E-state index contributed by atoms with van der Waals surface area (Å²) in [7, 11) is 0. The first-order valence-corrected chi connectivity index (χ1v) is 4.43. The molecule has 0 aliphatic heterocycles. The topological polar surface area (TPSA) is 73.5 Å². The third-order valence-electron chi connectivity index (χ3n) is 2.14. The molecule has 0 aliphatic carbocycles. The van der Waals surface area contributed by atoms with Crippen LogP contribution in [0.3, 0.4) is 0 Å². The van der Waals surface area contributed by atoms with Gasteiger partial charge in [0, 0.05) is 24.3 Å². The molecule has 0 radical (unpaired) electrons. The highest BCUT2D eigenvalue weighted by Gasteiger charge is 2.36. The third kappa shape index (κ3) is 3.50. The lowest BCUT2D eigenvalue weighted by Crippen LogP contribution is -2.31. The summed E-state index contributed by atoms with van der Waals surface area (Å²) in [5.41, 5.74) is -0.517. The van der Waals surface area contributed by atoms with Gasteiger partial charge in [0.15, 0.2) is 0 Å². The maximum absolute atomic E-state index is 11.2. The Balaban J connectivity index is 5.05. The zero-order chi connectivity index (χ0) is 12.1. The first-order chi connectivity index (χ1) is 6.88. The molecule has 0 saturated heterocycles. The molecule has 1 unspecified atom stereocenters. The second-order valence-electron chi connectivity index (χ2n) is 3.52. The lowest BCUT2D eigenvalue weighted by Gasteiger charge is -2.25. The van der Waals surface area contributed by atoms with Crippen LogP contribution >= 0.6 is 0 Å². The normalized spacial score (nSPS) is 13.7. The van der Waals surface area contributed by atoms with Crippen LogP contribution in [0.25, 0.3) is 0 Å².